The number of nitrogens with zero attached hydrogens (tertiary/aromatic N) is 1. The van der Waals surface area contributed by atoms with Crippen molar-refractivity contribution in [2.45, 2.75) is 90.3 Å². The predicted octanol–water partition coefficient (Wildman–Crippen LogP) is 7.35. The van der Waals surface area contributed by atoms with Crippen molar-refractivity contribution in [3.05, 3.63) is 42.3 Å². The first-order valence-corrected chi connectivity index (χ1v) is 12.4. The number of aromatic nitrogens is 1. The molecule has 1 aromatic carbocycles. The van der Waals surface area contributed by atoms with Crippen LogP contribution in [0.25, 0.3) is 11.3 Å². The lowest BCUT2D eigenvalue weighted by atomic mass is 10.1. The molecule has 2 heterocycles. The summed E-state index contributed by atoms with van der Waals surface area (Å²) in [6, 6.07) is 8.85. The van der Waals surface area contributed by atoms with Gasteiger partial charge in [0.05, 0.1) is 18.9 Å². The maximum absolute atomic E-state index is 14.6. The van der Waals surface area contributed by atoms with Gasteiger partial charge in [-0.1, -0.05) is 65.2 Å². The van der Waals surface area contributed by atoms with E-state index in [1.54, 1.807) is 6.20 Å². The minimum atomic E-state index is -0.389. The highest BCUT2D eigenvalue weighted by molar-refractivity contribution is 5.61. The summed E-state index contributed by atoms with van der Waals surface area (Å²) in [4.78, 5) is 4.29. The Bertz CT molecular complexity index is 796. The Kier molecular flexibility index (Phi) is 10.3. The predicted molar refractivity (Wildman–Crippen MR) is 127 cm³/mol. The van der Waals surface area contributed by atoms with Crippen LogP contribution in [-0.4, -0.2) is 30.4 Å². The number of hydrogen-bond donors (Lipinski definition) is 0. The Morgan fingerprint density at radius 3 is 2.31 bits per heavy atom. The van der Waals surface area contributed by atoms with Crippen molar-refractivity contribution < 1.29 is 18.6 Å². The number of epoxide rings is 1. The van der Waals surface area contributed by atoms with Gasteiger partial charge in [-0.3, -0.25) is 0 Å². The third-order valence-electron chi connectivity index (χ3n) is 5.90. The Morgan fingerprint density at radius 1 is 0.844 bits per heavy atom. The van der Waals surface area contributed by atoms with Gasteiger partial charge >= 0.3 is 0 Å². The molecule has 0 unspecified atom stereocenters. The molecule has 1 aromatic heterocycles. The third-order valence-corrected chi connectivity index (χ3v) is 5.90. The molecule has 0 spiro atoms. The Morgan fingerprint density at radius 2 is 1.56 bits per heavy atom. The van der Waals surface area contributed by atoms with Gasteiger partial charge in [0.2, 0.25) is 0 Å². The van der Waals surface area contributed by atoms with E-state index < -0.39 is 0 Å². The first kappa shape index (κ1) is 24.5. The van der Waals surface area contributed by atoms with Gasteiger partial charge in [-0.2, -0.15) is 0 Å². The van der Waals surface area contributed by atoms with E-state index in [4.69, 9.17) is 14.2 Å². The second kappa shape index (κ2) is 13.4. The minimum Gasteiger partial charge on any atom is -0.494 e. The first-order chi connectivity index (χ1) is 15.7. The van der Waals surface area contributed by atoms with Crippen molar-refractivity contribution in [3.63, 3.8) is 0 Å². The molecule has 0 radical (unpaired) electrons. The van der Waals surface area contributed by atoms with Crippen LogP contribution in [0.15, 0.2) is 36.5 Å². The van der Waals surface area contributed by atoms with Crippen LogP contribution in [0.1, 0.15) is 78.1 Å². The Balaban J connectivity index is 1.40. The van der Waals surface area contributed by atoms with Crippen LogP contribution in [0.2, 0.25) is 0 Å². The van der Waals surface area contributed by atoms with E-state index in [1.165, 1.54) is 57.4 Å². The number of benzene rings is 1. The molecular weight excluding hydrogens is 405 g/mol. The maximum atomic E-state index is 14.6. The van der Waals surface area contributed by atoms with E-state index in [9.17, 15) is 4.39 Å². The smallest absolute Gasteiger partial charge is 0.153 e. The molecule has 5 heteroatoms. The van der Waals surface area contributed by atoms with Gasteiger partial charge in [-0.15, -0.1) is 0 Å². The third kappa shape index (κ3) is 8.09. The van der Waals surface area contributed by atoms with Crippen LogP contribution in [0.5, 0.6) is 11.5 Å². The minimum absolute atomic E-state index is 0.124. The van der Waals surface area contributed by atoms with E-state index >= 15 is 0 Å². The number of unbranched alkanes of at least 4 members (excludes halogenated alkanes) is 7. The number of rotatable bonds is 16. The number of pyridine rings is 1. The molecule has 2 atom stereocenters. The summed E-state index contributed by atoms with van der Waals surface area (Å²) in [5.41, 5.74) is 1.04. The Hall–Kier alpha value is -2.14. The van der Waals surface area contributed by atoms with E-state index in [0.29, 0.717) is 30.8 Å². The van der Waals surface area contributed by atoms with Crippen LogP contribution >= 0.6 is 0 Å². The monoisotopic (exact) mass is 443 g/mol. The van der Waals surface area contributed by atoms with Crippen LogP contribution < -0.4 is 9.47 Å². The van der Waals surface area contributed by atoms with Gasteiger partial charge in [0.1, 0.15) is 29.9 Å². The number of hydrogen-bond acceptors (Lipinski definition) is 4. The van der Waals surface area contributed by atoms with Crippen molar-refractivity contribution >= 4 is 0 Å². The molecule has 32 heavy (non-hydrogen) atoms. The first-order valence-electron chi connectivity index (χ1n) is 12.4. The molecule has 0 bridgehead atoms. The van der Waals surface area contributed by atoms with Crippen molar-refractivity contribution in [3.8, 4) is 22.8 Å². The highest BCUT2D eigenvalue weighted by atomic mass is 19.1. The number of halogens is 1. The van der Waals surface area contributed by atoms with Crippen LogP contribution in [0.4, 0.5) is 4.39 Å². The summed E-state index contributed by atoms with van der Waals surface area (Å²) in [5, 5.41) is 0. The lowest BCUT2D eigenvalue weighted by Gasteiger charge is -2.09. The molecule has 0 aliphatic carbocycles. The second-order valence-corrected chi connectivity index (χ2v) is 8.66. The largest absolute Gasteiger partial charge is 0.494 e. The quantitative estimate of drug-likeness (QED) is 0.201. The molecule has 0 amide bonds. The van der Waals surface area contributed by atoms with Crippen molar-refractivity contribution in [1.29, 1.82) is 0 Å². The molecule has 4 nitrogen and oxygen atoms in total. The van der Waals surface area contributed by atoms with Crippen LogP contribution in [-0.2, 0) is 4.74 Å². The fraction of sp³-hybridized carbons (Fsp3) is 0.593. The summed E-state index contributed by atoms with van der Waals surface area (Å²) in [6.45, 7) is 5.58. The fourth-order valence-corrected chi connectivity index (χ4v) is 3.85. The van der Waals surface area contributed by atoms with Crippen molar-refractivity contribution in [1.82, 2.24) is 4.98 Å². The zero-order valence-electron chi connectivity index (χ0n) is 19.7. The van der Waals surface area contributed by atoms with E-state index in [0.717, 1.165) is 24.2 Å². The molecule has 2 aromatic rings. The topological polar surface area (TPSA) is 43.9 Å². The average Bonchev–Trinajstić information content (AvgIpc) is 3.56. The highest BCUT2D eigenvalue weighted by Crippen LogP contribution is 2.29. The summed E-state index contributed by atoms with van der Waals surface area (Å²) in [6.07, 6.45) is 14.1. The van der Waals surface area contributed by atoms with Gasteiger partial charge in [0.25, 0.3) is 0 Å². The lowest BCUT2D eigenvalue weighted by Crippen LogP contribution is -2.08. The summed E-state index contributed by atoms with van der Waals surface area (Å²) >= 11 is 0. The van der Waals surface area contributed by atoms with Crippen molar-refractivity contribution in [2.75, 3.05) is 13.2 Å². The lowest BCUT2D eigenvalue weighted by molar-refractivity contribution is 0.258. The Labute approximate surface area is 192 Å². The standard InChI is InChI=1S/C27H38FNO3/c1-3-5-7-8-9-11-17-30-22-15-13-21(14-16-22)27-24(28)18-23(19-29-27)31-20-26-25(32-26)12-10-6-4-2/h13-16,18-19,25-26H,3-12,17,20H2,1-2H3/t25-,26-/m0/s1. The molecule has 3 rings (SSSR count). The average molecular weight is 444 g/mol. The summed E-state index contributed by atoms with van der Waals surface area (Å²) in [7, 11) is 0. The van der Waals surface area contributed by atoms with Gasteiger partial charge in [0.15, 0.2) is 5.82 Å². The zero-order valence-corrected chi connectivity index (χ0v) is 19.7. The van der Waals surface area contributed by atoms with E-state index in [1.807, 2.05) is 24.3 Å². The zero-order chi connectivity index (χ0) is 22.6. The molecule has 0 saturated carbocycles. The van der Waals surface area contributed by atoms with E-state index in [2.05, 4.69) is 18.8 Å². The van der Waals surface area contributed by atoms with Gasteiger partial charge in [-0.05, 0) is 37.1 Å². The van der Waals surface area contributed by atoms with Gasteiger partial charge in [-0.25, -0.2) is 9.37 Å². The molecule has 176 valence electrons. The highest BCUT2D eigenvalue weighted by Gasteiger charge is 2.38. The normalized spacial score (nSPS) is 17.3. The molecule has 1 saturated heterocycles. The molecule has 1 fully saturated rings. The fourth-order valence-electron chi connectivity index (χ4n) is 3.85. The van der Waals surface area contributed by atoms with Crippen LogP contribution in [0, 0.1) is 5.82 Å². The summed E-state index contributed by atoms with van der Waals surface area (Å²) in [5.74, 6) is 0.855. The molecule has 1 aliphatic rings. The number of ether oxygens (including phenoxy) is 3. The molecular formula is C27H38FNO3. The van der Waals surface area contributed by atoms with Crippen LogP contribution in [0.3, 0.4) is 0 Å². The SMILES string of the molecule is CCCCCCCCOc1ccc(-c2ncc(OC[C@@H]3O[C@H]3CCCCC)cc2F)cc1. The second-order valence-electron chi connectivity index (χ2n) is 8.66. The van der Waals surface area contributed by atoms with Gasteiger partial charge < -0.3 is 14.2 Å². The van der Waals surface area contributed by atoms with Crippen molar-refractivity contribution in [2.24, 2.45) is 0 Å². The molecule has 1 aliphatic heterocycles. The van der Waals surface area contributed by atoms with E-state index in [-0.39, 0.29) is 11.9 Å². The summed E-state index contributed by atoms with van der Waals surface area (Å²) < 4.78 is 31.8. The van der Waals surface area contributed by atoms with Gasteiger partial charge in [0, 0.05) is 11.6 Å². The molecule has 0 N–H and O–H groups in total. The maximum Gasteiger partial charge on any atom is 0.153 e.